The highest BCUT2D eigenvalue weighted by molar-refractivity contribution is 5.37. The number of nitriles is 1. The van der Waals surface area contributed by atoms with Gasteiger partial charge in [-0.25, -0.2) is 0 Å². The second-order valence-corrected chi connectivity index (χ2v) is 5.24. The van der Waals surface area contributed by atoms with E-state index in [9.17, 15) is 0 Å². The average Bonchev–Trinajstić information content (AvgIpc) is 2.43. The number of nitrogens with zero attached hydrogens (tertiary/aromatic N) is 2. The van der Waals surface area contributed by atoms with Gasteiger partial charge in [-0.05, 0) is 56.1 Å². The van der Waals surface area contributed by atoms with Crippen LogP contribution < -0.4 is 0 Å². The maximum atomic E-state index is 8.91. The molecule has 0 bridgehead atoms. The average molecular weight is 258 g/mol. The highest BCUT2D eigenvalue weighted by Crippen LogP contribution is 2.14. The van der Waals surface area contributed by atoms with Gasteiger partial charge in [0, 0.05) is 6.54 Å². The molecule has 104 valence electrons. The van der Waals surface area contributed by atoms with E-state index >= 15 is 0 Å². The second-order valence-electron chi connectivity index (χ2n) is 5.24. The van der Waals surface area contributed by atoms with E-state index in [-0.39, 0.29) is 0 Å². The molecule has 0 saturated heterocycles. The lowest BCUT2D eigenvalue weighted by Gasteiger charge is -2.23. The number of benzene rings is 1. The minimum absolute atomic E-state index is 0.759. The second kappa shape index (κ2) is 8.72. The van der Waals surface area contributed by atoms with E-state index in [2.05, 4.69) is 37.8 Å². The molecule has 1 rings (SSSR count). The fraction of sp³-hybridized carbons (Fsp3) is 0.588. The van der Waals surface area contributed by atoms with Gasteiger partial charge in [0.05, 0.1) is 11.6 Å². The molecule has 0 aliphatic heterocycles. The molecule has 0 spiro atoms. The molecule has 2 heteroatoms. The number of hydrogen-bond acceptors (Lipinski definition) is 2. The molecule has 19 heavy (non-hydrogen) atoms. The predicted molar refractivity (Wildman–Crippen MR) is 81.0 cm³/mol. The van der Waals surface area contributed by atoms with Gasteiger partial charge in [-0.1, -0.05) is 32.8 Å². The topological polar surface area (TPSA) is 27.0 Å². The third-order valence-electron chi connectivity index (χ3n) is 3.52. The maximum Gasteiger partial charge on any atom is 0.0991 e. The summed E-state index contributed by atoms with van der Waals surface area (Å²) in [6.45, 7) is 9.95. The summed E-state index contributed by atoms with van der Waals surface area (Å²) in [6.07, 6.45) is 5.02. The first-order chi connectivity index (χ1) is 9.21. The fourth-order valence-electron chi connectivity index (χ4n) is 2.22. The van der Waals surface area contributed by atoms with Crippen LogP contribution in [0.4, 0.5) is 0 Å². The Morgan fingerprint density at radius 1 is 1.11 bits per heavy atom. The molecule has 0 saturated carbocycles. The zero-order chi connectivity index (χ0) is 14.1. The van der Waals surface area contributed by atoms with Crippen LogP contribution in [0.1, 0.15) is 56.2 Å². The van der Waals surface area contributed by atoms with E-state index in [0.29, 0.717) is 0 Å². The van der Waals surface area contributed by atoms with Crippen LogP contribution in [0.3, 0.4) is 0 Å². The summed E-state index contributed by atoms with van der Waals surface area (Å²) in [4.78, 5) is 2.54. The van der Waals surface area contributed by atoms with E-state index in [0.717, 1.165) is 12.1 Å². The highest BCUT2D eigenvalue weighted by atomic mass is 15.1. The third-order valence-corrected chi connectivity index (χ3v) is 3.52. The summed E-state index contributed by atoms with van der Waals surface area (Å²) in [5.74, 6) is 0. The summed E-state index contributed by atoms with van der Waals surface area (Å²) in [5, 5.41) is 8.91. The van der Waals surface area contributed by atoms with Crippen LogP contribution >= 0.6 is 0 Å². The summed E-state index contributed by atoms with van der Waals surface area (Å²) in [5.41, 5.74) is 3.35. The normalized spacial score (nSPS) is 10.7. The number of aryl methyl sites for hydroxylation is 1. The smallest absolute Gasteiger partial charge is 0.0991 e. The SMILES string of the molecule is CCCCN(CCCC)Cc1ccc(C#N)cc1C. The van der Waals surface area contributed by atoms with Crippen molar-refractivity contribution in [2.75, 3.05) is 13.1 Å². The van der Waals surface area contributed by atoms with E-state index < -0.39 is 0 Å². The molecule has 0 aromatic heterocycles. The van der Waals surface area contributed by atoms with Gasteiger partial charge in [0.15, 0.2) is 0 Å². The molecule has 1 aromatic rings. The Bertz CT molecular complexity index is 410. The summed E-state index contributed by atoms with van der Waals surface area (Å²) >= 11 is 0. The van der Waals surface area contributed by atoms with Crippen molar-refractivity contribution < 1.29 is 0 Å². The van der Waals surface area contributed by atoms with E-state index in [1.807, 2.05) is 12.1 Å². The van der Waals surface area contributed by atoms with E-state index in [1.165, 1.54) is 49.9 Å². The lowest BCUT2D eigenvalue weighted by atomic mass is 10.0. The van der Waals surface area contributed by atoms with Gasteiger partial charge in [-0.15, -0.1) is 0 Å². The molecule has 0 heterocycles. The van der Waals surface area contributed by atoms with Crippen molar-refractivity contribution in [3.05, 3.63) is 34.9 Å². The molecule has 0 N–H and O–H groups in total. The zero-order valence-corrected chi connectivity index (χ0v) is 12.6. The predicted octanol–water partition coefficient (Wildman–Crippen LogP) is 4.27. The minimum atomic E-state index is 0.759. The molecular formula is C17H26N2. The Kier molecular flexibility index (Phi) is 7.22. The first-order valence-corrected chi connectivity index (χ1v) is 7.43. The van der Waals surface area contributed by atoms with Gasteiger partial charge in [0.1, 0.15) is 0 Å². The quantitative estimate of drug-likeness (QED) is 0.696. The van der Waals surface area contributed by atoms with Crippen LogP contribution in [-0.4, -0.2) is 18.0 Å². The number of unbranched alkanes of at least 4 members (excludes halogenated alkanes) is 2. The number of rotatable bonds is 8. The van der Waals surface area contributed by atoms with Gasteiger partial charge >= 0.3 is 0 Å². The van der Waals surface area contributed by atoms with Gasteiger partial charge < -0.3 is 0 Å². The van der Waals surface area contributed by atoms with Crippen molar-refractivity contribution in [3.63, 3.8) is 0 Å². The fourth-order valence-corrected chi connectivity index (χ4v) is 2.22. The van der Waals surface area contributed by atoms with Crippen molar-refractivity contribution in [1.82, 2.24) is 4.90 Å². The minimum Gasteiger partial charge on any atom is -0.299 e. The zero-order valence-electron chi connectivity index (χ0n) is 12.6. The van der Waals surface area contributed by atoms with Crippen LogP contribution in [0.2, 0.25) is 0 Å². The monoisotopic (exact) mass is 258 g/mol. The van der Waals surface area contributed by atoms with Crippen LogP contribution in [0.5, 0.6) is 0 Å². The first-order valence-electron chi connectivity index (χ1n) is 7.43. The van der Waals surface area contributed by atoms with E-state index in [4.69, 9.17) is 5.26 Å². The molecule has 0 aliphatic carbocycles. The Morgan fingerprint density at radius 3 is 2.21 bits per heavy atom. The van der Waals surface area contributed by atoms with Crippen molar-refractivity contribution in [2.24, 2.45) is 0 Å². The Morgan fingerprint density at radius 2 is 1.74 bits per heavy atom. The molecule has 0 unspecified atom stereocenters. The highest BCUT2D eigenvalue weighted by Gasteiger charge is 2.07. The number of hydrogen-bond donors (Lipinski definition) is 0. The Labute approximate surface area is 118 Å². The molecule has 2 nitrogen and oxygen atoms in total. The van der Waals surface area contributed by atoms with Crippen LogP contribution in [0.25, 0.3) is 0 Å². The molecule has 0 atom stereocenters. The lowest BCUT2D eigenvalue weighted by Crippen LogP contribution is -2.26. The molecule has 0 fully saturated rings. The molecule has 0 amide bonds. The summed E-state index contributed by atoms with van der Waals surface area (Å²) in [6, 6.07) is 8.24. The Hall–Kier alpha value is -1.33. The largest absolute Gasteiger partial charge is 0.299 e. The van der Waals surface area contributed by atoms with Crippen LogP contribution in [-0.2, 0) is 6.54 Å². The summed E-state index contributed by atoms with van der Waals surface area (Å²) in [7, 11) is 0. The molecule has 0 radical (unpaired) electrons. The van der Waals surface area contributed by atoms with Gasteiger partial charge in [-0.3, -0.25) is 4.90 Å². The van der Waals surface area contributed by atoms with Crippen molar-refractivity contribution in [2.45, 2.75) is 53.0 Å². The Balaban J connectivity index is 2.69. The molecular weight excluding hydrogens is 232 g/mol. The maximum absolute atomic E-state index is 8.91. The van der Waals surface area contributed by atoms with Gasteiger partial charge in [0.2, 0.25) is 0 Å². The van der Waals surface area contributed by atoms with Crippen LogP contribution in [0, 0.1) is 18.3 Å². The van der Waals surface area contributed by atoms with Gasteiger partial charge in [-0.2, -0.15) is 5.26 Å². The lowest BCUT2D eigenvalue weighted by molar-refractivity contribution is 0.256. The van der Waals surface area contributed by atoms with E-state index in [1.54, 1.807) is 0 Å². The van der Waals surface area contributed by atoms with Crippen LogP contribution in [0.15, 0.2) is 18.2 Å². The molecule has 1 aromatic carbocycles. The standard InChI is InChI=1S/C17H26N2/c1-4-6-10-19(11-7-5-2)14-17-9-8-16(13-18)12-15(17)3/h8-9,12H,4-7,10-11,14H2,1-3H3. The van der Waals surface area contributed by atoms with Crippen molar-refractivity contribution >= 4 is 0 Å². The summed E-state index contributed by atoms with van der Waals surface area (Å²) < 4.78 is 0. The molecule has 0 aliphatic rings. The van der Waals surface area contributed by atoms with Crippen molar-refractivity contribution in [3.8, 4) is 6.07 Å². The van der Waals surface area contributed by atoms with Crippen molar-refractivity contribution in [1.29, 1.82) is 5.26 Å². The van der Waals surface area contributed by atoms with Gasteiger partial charge in [0.25, 0.3) is 0 Å². The third kappa shape index (κ3) is 5.44. The first kappa shape index (κ1) is 15.7.